The molecule has 0 saturated heterocycles. The molecule has 0 spiro atoms. The van der Waals surface area contributed by atoms with Gasteiger partial charge in [0.05, 0.1) is 7.11 Å². The summed E-state index contributed by atoms with van der Waals surface area (Å²) in [4.78, 5) is 71.3. The number of hydrogen-bond donors (Lipinski definition) is 4. The van der Waals surface area contributed by atoms with Gasteiger partial charge >= 0.3 is 5.97 Å². The van der Waals surface area contributed by atoms with Crippen LogP contribution in [0.25, 0.3) is 0 Å². The van der Waals surface area contributed by atoms with E-state index in [4.69, 9.17) is 0 Å². The number of hydrogen-bond acceptors (Lipinski definition) is 11. The molecule has 0 aromatic carbocycles. The summed E-state index contributed by atoms with van der Waals surface area (Å²) < 4.78 is 4.16. The molecule has 0 aliphatic rings. The van der Waals surface area contributed by atoms with E-state index in [1.165, 1.54) is 0 Å². The Hall–Kier alpha value is -2.34. The lowest BCUT2D eigenvalue weighted by atomic mass is 9.58. The number of esters is 1. The fourth-order valence-corrected chi connectivity index (χ4v) is 2.69. The molecule has 0 unspecified atom stereocenters. The van der Waals surface area contributed by atoms with Crippen LogP contribution in [-0.2, 0) is 33.5 Å². The van der Waals surface area contributed by atoms with Crippen LogP contribution >= 0.6 is 0 Å². The minimum Gasteiger partial charge on any atom is -0.466 e. The van der Waals surface area contributed by atoms with Crippen LogP contribution in [0.15, 0.2) is 0 Å². The first-order valence-electron chi connectivity index (χ1n) is 7.05. The largest absolute Gasteiger partial charge is 0.466 e. The molecule has 0 amide bonds. The Morgan fingerprint density at radius 3 is 1.31 bits per heavy atom. The van der Waals surface area contributed by atoms with Crippen molar-refractivity contribution in [2.24, 2.45) is 0 Å². The van der Waals surface area contributed by atoms with Crippen LogP contribution < -0.4 is 0 Å². The molecule has 11 heteroatoms. The minimum absolute atomic E-state index is 0.441. The van der Waals surface area contributed by atoms with Gasteiger partial charge in [-0.15, -0.1) is 0 Å². The number of rotatable bonds is 9. The number of aldehydes is 1. The highest BCUT2D eigenvalue weighted by Crippen LogP contribution is 2.43. The van der Waals surface area contributed by atoms with E-state index in [9.17, 15) is 49.2 Å². The number of carbonyl (C=O) groups is 6. The molecule has 0 aliphatic heterocycles. The Balaban J connectivity index is 7.54. The van der Waals surface area contributed by atoms with E-state index in [0.717, 1.165) is 0 Å². The summed E-state index contributed by atoms with van der Waals surface area (Å²) in [7, 11) is 0.639. The maximum Gasteiger partial charge on any atom is 0.349 e. The second kappa shape index (κ2) is 7.11. The first kappa shape index (κ1) is 23.7. The number of ketones is 4. The summed E-state index contributed by atoms with van der Waals surface area (Å²) >= 11 is 0. The summed E-state index contributed by atoms with van der Waals surface area (Å²) in [6, 6.07) is 0. The summed E-state index contributed by atoms with van der Waals surface area (Å²) in [5.41, 5.74) is -16.0. The van der Waals surface area contributed by atoms with Gasteiger partial charge in [-0.25, -0.2) is 4.79 Å². The third-order valence-corrected chi connectivity index (χ3v) is 4.32. The second-order valence-corrected chi connectivity index (χ2v) is 5.73. The monoisotopic (exact) mass is 376 g/mol. The SMILES string of the molecule is COC(=O)[C@](O)(C(C)=O)[C@](O)(C(C)=O)[C@@](O)(C(C)=O)[C@@](O)(C=O)C(C)=O. The number of Topliss-reactive ketones (excluding diaryl/α,β-unsaturated/α-hetero) is 4. The fraction of sp³-hybridized carbons (Fsp3) is 0.600. The van der Waals surface area contributed by atoms with Crippen molar-refractivity contribution in [1.82, 2.24) is 0 Å². The number of carbonyl (C=O) groups excluding carboxylic acids is 6. The molecular formula is C15H20O11. The molecule has 146 valence electrons. The van der Waals surface area contributed by atoms with Crippen molar-refractivity contribution in [2.75, 3.05) is 7.11 Å². The van der Waals surface area contributed by atoms with Gasteiger partial charge in [0.1, 0.15) is 0 Å². The molecule has 11 nitrogen and oxygen atoms in total. The average Bonchev–Trinajstić information content (AvgIpc) is 2.56. The number of ether oxygens (including phenoxy) is 1. The van der Waals surface area contributed by atoms with Gasteiger partial charge in [0, 0.05) is 0 Å². The Morgan fingerprint density at radius 1 is 0.731 bits per heavy atom. The molecule has 26 heavy (non-hydrogen) atoms. The Kier molecular flexibility index (Phi) is 6.47. The van der Waals surface area contributed by atoms with E-state index in [0.29, 0.717) is 34.8 Å². The Morgan fingerprint density at radius 2 is 1.12 bits per heavy atom. The van der Waals surface area contributed by atoms with E-state index in [1.807, 2.05) is 0 Å². The smallest absolute Gasteiger partial charge is 0.349 e. The van der Waals surface area contributed by atoms with Crippen molar-refractivity contribution in [3.8, 4) is 0 Å². The van der Waals surface area contributed by atoms with Crippen molar-refractivity contribution in [2.45, 2.75) is 50.1 Å². The summed E-state index contributed by atoms with van der Waals surface area (Å²) in [5.74, 6) is -8.86. The van der Waals surface area contributed by atoms with E-state index < -0.39 is 57.8 Å². The molecule has 4 atom stereocenters. The quantitative estimate of drug-likeness (QED) is 0.178. The number of methoxy groups -OCH3 is 1. The summed E-state index contributed by atoms with van der Waals surface area (Å²) in [6.45, 7) is 1.91. The molecule has 0 bridgehead atoms. The van der Waals surface area contributed by atoms with Crippen molar-refractivity contribution in [3.63, 3.8) is 0 Å². The summed E-state index contributed by atoms with van der Waals surface area (Å²) in [5, 5.41) is 42.4. The third-order valence-electron chi connectivity index (χ3n) is 4.32. The molecule has 4 N–H and O–H groups in total. The first-order chi connectivity index (χ1) is 11.6. The highest BCUT2D eigenvalue weighted by molar-refractivity contribution is 6.19. The fourth-order valence-electron chi connectivity index (χ4n) is 2.69. The van der Waals surface area contributed by atoms with Crippen molar-refractivity contribution >= 4 is 35.4 Å². The van der Waals surface area contributed by atoms with Gasteiger partial charge in [-0.3, -0.25) is 24.0 Å². The van der Waals surface area contributed by atoms with Crippen LogP contribution in [0.5, 0.6) is 0 Å². The molecule has 0 aliphatic carbocycles. The van der Waals surface area contributed by atoms with Crippen molar-refractivity contribution < 1.29 is 53.9 Å². The predicted molar refractivity (Wildman–Crippen MR) is 80.6 cm³/mol. The van der Waals surface area contributed by atoms with E-state index in [2.05, 4.69) is 4.74 Å². The molecule has 0 saturated carbocycles. The van der Waals surface area contributed by atoms with Gasteiger partial charge in [0.25, 0.3) is 5.60 Å². The molecular weight excluding hydrogens is 356 g/mol. The van der Waals surface area contributed by atoms with Crippen molar-refractivity contribution in [3.05, 3.63) is 0 Å². The molecule has 0 radical (unpaired) electrons. The van der Waals surface area contributed by atoms with Gasteiger partial charge in [-0.05, 0) is 27.7 Å². The van der Waals surface area contributed by atoms with Gasteiger partial charge in [0.15, 0.2) is 29.4 Å². The van der Waals surface area contributed by atoms with Crippen LogP contribution in [0.4, 0.5) is 0 Å². The highest BCUT2D eigenvalue weighted by atomic mass is 16.5. The zero-order valence-electron chi connectivity index (χ0n) is 14.7. The average molecular weight is 376 g/mol. The van der Waals surface area contributed by atoms with Crippen molar-refractivity contribution in [1.29, 1.82) is 0 Å². The topological polar surface area (TPSA) is 193 Å². The van der Waals surface area contributed by atoms with E-state index in [1.54, 1.807) is 0 Å². The van der Waals surface area contributed by atoms with Crippen LogP contribution in [0.1, 0.15) is 27.7 Å². The number of aliphatic hydroxyl groups is 4. The standard InChI is InChI=1S/C15H20O11/c1-7(17)12(22,6-16)14(24,9(3)19)15(25,10(4)20)13(23,8(2)18)11(21)26-5/h6,22-25H,1-5H3/t12-,13-,14-,15-/m1/s1. The lowest BCUT2D eigenvalue weighted by Crippen LogP contribution is -2.85. The highest BCUT2D eigenvalue weighted by Gasteiger charge is 2.80. The Bertz CT molecular complexity index is 683. The zero-order chi connectivity index (χ0) is 21.3. The van der Waals surface area contributed by atoms with Crippen LogP contribution in [0.2, 0.25) is 0 Å². The predicted octanol–water partition coefficient (Wildman–Crippen LogP) is -3.36. The maximum atomic E-state index is 12.2. The molecule has 0 rings (SSSR count). The first-order valence-corrected chi connectivity index (χ1v) is 7.05. The van der Waals surface area contributed by atoms with Crippen LogP contribution in [-0.4, -0.2) is 85.3 Å². The third kappa shape index (κ3) is 2.60. The van der Waals surface area contributed by atoms with Gasteiger partial charge in [0.2, 0.25) is 16.8 Å². The lowest BCUT2D eigenvalue weighted by Gasteiger charge is -2.50. The van der Waals surface area contributed by atoms with E-state index >= 15 is 0 Å². The van der Waals surface area contributed by atoms with Gasteiger partial charge in [-0.2, -0.15) is 0 Å². The molecule has 0 aromatic heterocycles. The minimum atomic E-state index is -4.16. The second-order valence-electron chi connectivity index (χ2n) is 5.73. The van der Waals surface area contributed by atoms with Gasteiger partial charge < -0.3 is 25.2 Å². The normalized spacial score (nSPS) is 20.3. The van der Waals surface area contributed by atoms with Crippen LogP contribution in [0.3, 0.4) is 0 Å². The molecule has 0 aromatic rings. The lowest BCUT2D eigenvalue weighted by molar-refractivity contribution is -0.259. The zero-order valence-corrected chi connectivity index (χ0v) is 14.7. The van der Waals surface area contributed by atoms with E-state index in [-0.39, 0.29) is 0 Å². The molecule has 0 fully saturated rings. The maximum absolute atomic E-state index is 12.2. The Labute approximate surface area is 147 Å². The van der Waals surface area contributed by atoms with Gasteiger partial charge in [-0.1, -0.05) is 0 Å². The molecule has 0 heterocycles. The summed E-state index contributed by atoms with van der Waals surface area (Å²) in [6.07, 6.45) is -0.664. The van der Waals surface area contributed by atoms with Crippen LogP contribution in [0, 0.1) is 0 Å².